The first-order valence-corrected chi connectivity index (χ1v) is 5.23. The fraction of sp³-hybridized carbons (Fsp3) is 0.500. The number of benzene rings is 1. The highest BCUT2D eigenvalue weighted by atomic mass is 16.5. The van der Waals surface area contributed by atoms with Crippen LogP contribution in [0, 0.1) is 0 Å². The van der Waals surface area contributed by atoms with E-state index in [9.17, 15) is 5.11 Å². The Morgan fingerprint density at radius 2 is 2.20 bits per heavy atom. The van der Waals surface area contributed by atoms with Crippen molar-refractivity contribution in [3.8, 4) is 5.75 Å². The van der Waals surface area contributed by atoms with Gasteiger partial charge in [0.05, 0.1) is 13.2 Å². The molecule has 3 nitrogen and oxygen atoms in total. The topological polar surface area (TPSA) is 41.5 Å². The Bertz CT molecular complexity index is 312. The summed E-state index contributed by atoms with van der Waals surface area (Å²) in [5.41, 5.74) is 2.04. The Balaban J connectivity index is 3.05. The van der Waals surface area contributed by atoms with Crippen molar-refractivity contribution < 1.29 is 9.84 Å². The lowest BCUT2D eigenvalue weighted by molar-refractivity contribution is 0.176. The van der Waals surface area contributed by atoms with Gasteiger partial charge < -0.3 is 15.2 Å². The zero-order valence-corrected chi connectivity index (χ0v) is 9.58. The quantitative estimate of drug-likeness (QED) is 0.772. The first kappa shape index (κ1) is 12.0. The Morgan fingerprint density at radius 1 is 1.47 bits per heavy atom. The number of likely N-dealkylation sites (N-methyl/N-ethyl adjacent to an activating group) is 1. The summed E-state index contributed by atoms with van der Waals surface area (Å²) in [6.45, 7) is 2.62. The van der Waals surface area contributed by atoms with E-state index >= 15 is 0 Å². The lowest BCUT2D eigenvalue weighted by Gasteiger charge is -2.17. The van der Waals surface area contributed by atoms with Gasteiger partial charge in [0, 0.05) is 6.54 Å². The van der Waals surface area contributed by atoms with Crippen LogP contribution >= 0.6 is 0 Å². The average Bonchev–Trinajstić information content (AvgIpc) is 2.28. The summed E-state index contributed by atoms with van der Waals surface area (Å²) in [7, 11) is 3.48. The van der Waals surface area contributed by atoms with E-state index in [1.54, 1.807) is 7.11 Å². The fourth-order valence-electron chi connectivity index (χ4n) is 1.77. The third-order valence-corrected chi connectivity index (χ3v) is 2.50. The van der Waals surface area contributed by atoms with Gasteiger partial charge in [-0.05, 0) is 30.7 Å². The second-order valence-corrected chi connectivity index (χ2v) is 3.46. The molecule has 1 aromatic rings. The molecule has 1 rings (SSSR count). The number of nitrogens with one attached hydrogen (secondary N) is 1. The molecule has 84 valence electrons. The minimum Gasteiger partial charge on any atom is -0.496 e. The van der Waals surface area contributed by atoms with Crippen LogP contribution in [0.4, 0.5) is 0 Å². The molecule has 0 saturated carbocycles. The van der Waals surface area contributed by atoms with E-state index in [0.29, 0.717) is 6.54 Å². The van der Waals surface area contributed by atoms with Crippen LogP contribution in [-0.2, 0) is 6.42 Å². The Morgan fingerprint density at radius 3 is 2.73 bits per heavy atom. The largest absolute Gasteiger partial charge is 0.496 e. The van der Waals surface area contributed by atoms with Gasteiger partial charge in [-0.15, -0.1) is 0 Å². The molecule has 0 aliphatic carbocycles. The molecule has 1 aromatic carbocycles. The van der Waals surface area contributed by atoms with Crippen molar-refractivity contribution in [2.24, 2.45) is 0 Å². The number of methoxy groups -OCH3 is 1. The second-order valence-electron chi connectivity index (χ2n) is 3.46. The maximum atomic E-state index is 9.93. The predicted octanol–water partition coefficient (Wildman–Crippen LogP) is 1.51. The van der Waals surface area contributed by atoms with E-state index in [0.717, 1.165) is 23.3 Å². The minimum absolute atomic E-state index is 0.472. The van der Waals surface area contributed by atoms with Crippen LogP contribution in [0.2, 0.25) is 0 Å². The average molecular weight is 209 g/mol. The van der Waals surface area contributed by atoms with Gasteiger partial charge in [0.1, 0.15) is 5.75 Å². The maximum absolute atomic E-state index is 9.93. The molecule has 1 unspecified atom stereocenters. The summed E-state index contributed by atoms with van der Waals surface area (Å²) in [5, 5.41) is 12.9. The van der Waals surface area contributed by atoms with E-state index in [4.69, 9.17) is 4.74 Å². The van der Waals surface area contributed by atoms with Crippen LogP contribution in [0.5, 0.6) is 5.75 Å². The lowest BCUT2D eigenvalue weighted by Crippen LogP contribution is -2.18. The van der Waals surface area contributed by atoms with Crippen molar-refractivity contribution in [2.45, 2.75) is 19.4 Å². The summed E-state index contributed by atoms with van der Waals surface area (Å²) in [4.78, 5) is 0. The summed E-state index contributed by atoms with van der Waals surface area (Å²) >= 11 is 0. The van der Waals surface area contributed by atoms with E-state index < -0.39 is 6.10 Å². The highest BCUT2D eigenvalue weighted by Gasteiger charge is 2.13. The molecule has 0 saturated heterocycles. The molecule has 3 heteroatoms. The summed E-state index contributed by atoms with van der Waals surface area (Å²) < 4.78 is 5.27. The van der Waals surface area contributed by atoms with Gasteiger partial charge in [-0.3, -0.25) is 0 Å². The molecular weight excluding hydrogens is 190 g/mol. The van der Waals surface area contributed by atoms with E-state index in [2.05, 4.69) is 12.2 Å². The first-order valence-electron chi connectivity index (χ1n) is 5.23. The highest BCUT2D eigenvalue weighted by molar-refractivity contribution is 5.41. The van der Waals surface area contributed by atoms with Crippen molar-refractivity contribution in [2.75, 3.05) is 20.7 Å². The summed E-state index contributed by atoms with van der Waals surface area (Å²) in [6, 6.07) is 5.78. The molecule has 0 aliphatic heterocycles. The molecule has 0 aromatic heterocycles. The summed E-state index contributed by atoms with van der Waals surface area (Å²) in [5.74, 6) is 0.852. The second kappa shape index (κ2) is 5.73. The van der Waals surface area contributed by atoms with Crippen molar-refractivity contribution in [3.63, 3.8) is 0 Å². The molecule has 0 heterocycles. The van der Waals surface area contributed by atoms with Gasteiger partial charge in [0.25, 0.3) is 0 Å². The minimum atomic E-state index is -0.472. The van der Waals surface area contributed by atoms with E-state index in [1.807, 2.05) is 25.2 Å². The standard InChI is InChI=1S/C12H19NO2/c1-4-9-10(11(14)8-13-2)6-5-7-12(9)15-3/h5-7,11,13-14H,4,8H2,1-3H3. The Hall–Kier alpha value is -1.06. The SMILES string of the molecule is CCc1c(OC)cccc1C(O)CNC. The number of rotatable bonds is 5. The highest BCUT2D eigenvalue weighted by Crippen LogP contribution is 2.27. The molecule has 1 atom stereocenters. The molecule has 2 N–H and O–H groups in total. The zero-order chi connectivity index (χ0) is 11.3. The molecule has 0 spiro atoms. The fourth-order valence-corrected chi connectivity index (χ4v) is 1.77. The molecule has 0 fully saturated rings. The van der Waals surface area contributed by atoms with Crippen molar-refractivity contribution in [1.82, 2.24) is 5.32 Å². The molecule has 0 radical (unpaired) electrons. The van der Waals surface area contributed by atoms with Crippen molar-refractivity contribution in [3.05, 3.63) is 29.3 Å². The number of aliphatic hydroxyl groups is 1. The monoisotopic (exact) mass is 209 g/mol. The number of ether oxygens (including phenoxy) is 1. The van der Waals surface area contributed by atoms with Crippen LogP contribution in [-0.4, -0.2) is 25.8 Å². The Kier molecular flexibility index (Phi) is 4.59. The molecule has 0 aliphatic rings. The van der Waals surface area contributed by atoms with E-state index in [1.165, 1.54) is 0 Å². The van der Waals surface area contributed by atoms with Gasteiger partial charge in [-0.25, -0.2) is 0 Å². The predicted molar refractivity (Wildman–Crippen MR) is 61.3 cm³/mol. The summed E-state index contributed by atoms with van der Waals surface area (Å²) in [6.07, 6.45) is 0.389. The third kappa shape index (κ3) is 2.70. The maximum Gasteiger partial charge on any atom is 0.122 e. The van der Waals surface area contributed by atoms with Gasteiger partial charge in [0.2, 0.25) is 0 Å². The van der Waals surface area contributed by atoms with Crippen LogP contribution in [0.3, 0.4) is 0 Å². The number of hydrogen-bond acceptors (Lipinski definition) is 3. The van der Waals surface area contributed by atoms with Crippen LogP contribution in [0.15, 0.2) is 18.2 Å². The lowest BCUT2D eigenvalue weighted by atomic mass is 9.99. The number of hydrogen-bond donors (Lipinski definition) is 2. The molecule has 0 amide bonds. The third-order valence-electron chi connectivity index (χ3n) is 2.50. The number of aliphatic hydroxyl groups excluding tert-OH is 1. The smallest absolute Gasteiger partial charge is 0.122 e. The van der Waals surface area contributed by atoms with Crippen LogP contribution < -0.4 is 10.1 Å². The first-order chi connectivity index (χ1) is 7.24. The molecule has 15 heavy (non-hydrogen) atoms. The molecule has 0 bridgehead atoms. The van der Waals surface area contributed by atoms with Gasteiger partial charge in [-0.2, -0.15) is 0 Å². The van der Waals surface area contributed by atoms with Crippen molar-refractivity contribution >= 4 is 0 Å². The zero-order valence-electron chi connectivity index (χ0n) is 9.58. The van der Waals surface area contributed by atoms with Gasteiger partial charge >= 0.3 is 0 Å². The van der Waals surface area contributed by atoms with E-state index in [-0.39, 0.29) is 0 Å². The van der Waals surface area contributed by atoms with Gasteiger partial charge in [0.15, 0.2) is 0 Å². The molecular formula is C12H19NO2. The normalized spacial score (nSPS) is 12.5. The van der Waals surface area contributed by atoms with Crippen LogP contribution in [0.1, 0.15) is 24.2 Å². The van der Waals surface area contributed by atoms with Gasteiger partial charge in [-0.1, -0.05) is 19.1 Å². The Labute approximate surface area is 91.1 Å². The van der Waals surface area contributed by atoms with Crippen molar-refractivity contribution in [1.29, 1.82) is 0 Å². The van der Waals surface area contributed by atoms with Crippen LogP contribution in [0.25, 0.3) is 0 Å².